The van der Waals surface area contributed by atoms with E-state index in [0.717, 1.165) is 75.5 Å². The quantitative estimate of drug-likeness (QED) is 0.620. The third kappa shape index (κ3) is 6.04. The minimum absolute atomic E-state index is 0.136. The van der Waals surface area contributed by atoms with Crippen LogP contribution in [-0.2, 0) is 17.9 Å². The Morgan fingerprint density at radius 2 is 1.69 bits per heavy atom. The number of nitrogens with zero attached hydrogens (tertiary/aromatic N) is 2. The Bertz CT molecular complexity index is 862. The van der Waals surface area contributed by atoms with Crippen molar-refractivity contribution in [3.63, 3.8) is 0 Å². The normalized spacial score (nSPS) is 19.9. The first-order chi connectivity index (χ1) is 15.7. The largest absolute Gasteiger partial charge is 0.493 e. The third-order valence-corrected chi connectivity index (χ3v) is 6.64. The van der Waals surface area contributed by atoms with Crippen LogP contribution in [0.15, 0.2) is 48.5 Å². The summed E-state index contributed by atoms with van der Waals surface area (Å²) in [5.74, 6) is 2.02. The van der Waals surface area contributed by atoms with Crippen molar-refractivity contribution in [1.82, 2.24) is 9.80 Å². The average molecular weight is 437 g/mol. The second kappa shape index (κ2) is 11.4. The molecule has 2 aliphatic heterocycles. The maximum Gasteiger partial charge on any atom is 0.226 e. The van der Waals surface area contributed by atoms with Gasteiger partial charge in [0.2, 0.25) is 5.91 Å². The Morgan fingerprint density at radius 3 is 2.44 bits per heavy atom. The molecule has 172 valence electrons. The molecule has 4 rings (SSSR count). The van der Waals surface area contributed by atoms with E-state index in [1.165, 1.54) is 18.4 Å². The number of methoxy groups -OCH3 is 1. The monoisotopic (exact) mass is 436 g/mol. The molecule has 2 fully saturated rings. The zero-order valence-corrected chi connectivity index (χ0v) is 19.3. The van der Waals surface area contributed by atoms with Gasteiger partial charge in [-0.05, 0) is 55.5 Å². The van der Waals surface area contributed by atoms with Crippen LogP contribution in [0.5, 0.6) is 11.5 Å². The van der Waals surface area contributed by atoms with Gasteiger partial charge >= 0.3 is 0 Å². The highest BCUT2D eigenvalue weighted by Gasteiger charge is 2.29. The number of benzene rings is 2. The molecule has 0 bridgehead atoms. The Balaban J connectivity index is 1.35. The standard InChI is InChI=1S/C27H36N2O3/c1-31-26-18-23(13-14-25(26)32-21-22-10-5-4-6-11-22)19-28-15-9-12-24(20-28)27(30)29-16-7-2-3-8-17-29/h4-6,10-11,13-14,18,24H,2-3,7-9,12,15-17,19-21H2,1H3/t24-/m0/s1. The molecular formula is C27H36N2O3. The smallest absolute Gasteiger partial charge is 0.226 e. The molecule has 1 amide bonds. The molecule has 2 aromatic rings. The molecular weight excluding hydrogens is 400 g/mol. The summed E-state index contributed by atoms with van der Waals surface area (Å²) in [7, 11) is 1.69. The number of piperidine rings is 1. The lowest BCUT2D eigenvalue weighted by molar-refractivity contribution is -0.137. The van der Waals surface area contributed by atoms with Crippen molar-refractivity contribution in [2.75, 3.05) is 33.3 Å². The lowest BCUT2D eigenvalue weighted by Gasteiger charge is -2.35. The van der Waals surface area contributed by atoms with Gasteiger partial charge < -0.3 is 14.4 Å². The minimum Gasteiger partial charge on any atom is -0.493 e. The molecule has 0 aromatic heterocycles. The summed E-state index contributed by atoms with van der Waals surface area (Å²) in [5.41, 5.74) is 2.32. The molecule has 2 heterocycles. The van der Waals surface area contributed by atoms with E-state index in [2.05, 4.69) is 34.1 Å². The van der Waals surface area contributed by atoms with Gasteiger partial charge in [-0.15, -0.1) is 0 Å². The summed E-state index contributed by atoms with van der Waals surface area (Å²) in [4.78, 5) is 17.6. The highest BCUT2D eigenvalue weighted by Crippen LogP contribution is 2.30. The lowest BCUT2D eigenvalue weighted by Crippen LogP contribution is -2.44. The van der Waals surface area contributed by atoms with Crippen molar-refractivity contribution in [2.45, 2.75) is 51.7 Å². The van der Waals surface area contributed by atoms with Crippen LogP contribution in [0, 0.1) is 5.92 Å². The second-order valence-electron chi connectivity index (χ2n) is 9.07. The van der Waals surface area contributed by atoms with Crippen molar-refractivity contribution in [3.8, 4) is 11.5 Å². The molecule has 2 aliphatic rings. The number of ether oxygens (including phenoxy) is 2. The van der Waals surface area contributed by atoms with Crippen LogP contribution in [0.3, 0.4) is 0 Å². The van der Waals surface area contributed by atoms with Gasteiger partial charge in [0, 0.05) is 26.2 Å². The number of amides is 1. The van der Waals surface area contributed by atoms with Crippen LogP contribution in [0.1, 0.15) is 49.7 Å². The Labute approximate surface area is 192 Å². The topological polar surface area (TPSA) is 42.0 Å². The predicted molar refractivity (Wildman–Crippen MR) is 127 cm³/mol. The molecule has 0 unspecified atom stereocenters. The number of likely N-dealkylation sites (tertiary alicyclic amines) is 2. The fraction of sp³-hybridized carbons (Fsp3) is 0.519. The molecule has 0 radical (unpaired) electrons. The van der Waals surface area contributed by atoms with Gasteiger partial charge in [0.1, 0.15) is 6.61 Å². The number of carbonyl (C=O) groups is 1. The van der Waals surface area contributed by atoms with E-state index in [-0.39, 0.29) is 5.92 Å². The average Bonchev–Trinajstić information content (AvgIpc) is 3.13. The maximum absolute atomic E-state index is 13.1. The molecule has 32 heavy (non-hydrogen) atoms. The summed E-state index contributed by atoms with van der Waals surface area (Å²) in [6.07, 6.45) is 6.92. The molecule has 1 atom stereocenters. The van der Waals surface area contributed by atoms with Gasteiger partial charge in [0.05, 0.1) is 13.0 Å². The molecule has 0 spiro atoms. The van der Waals surface area contributed by atoms with Crippen LogP contribution in [0.25, 0.3) is 0 Å². The first-order valence-corrected chi connectivity index (χ1v) is 12.1. The summed E-state index contributed by atoms with van der Waals surface area (Å²) in [5, 5.41) is 0. The third-order valence-electron chi connectivity index (χ3n) is 6.64. The molecule has 0 aliphatic carbocycles. The SMILES string of the molecule is COc1cc(CN2CCC[C@H](C(=O)N3CCCCCC3)C2)ccc1OCc1ccccc1. The van der Waals surface area contributed by atoms with E-state index in [4.69, 9.17) is 9.47 Å². The van der Waals surface area contributed by atoms with E-state index in [1.54, 1.807) is 7.11 Å². The summed E-state index contributed by atoms with van der Waals surface area (Å²) in [6.45, 7) is 5.12. The summed E-state index contributed by atoms with van der Waals surface area (Å²) >= 11 is 0. The minimum atomic E-state index is 0.136. The van der Waals surface area contributed by atoms with Crippen molar-refractivity contribution in [2.24, 2.45) is 5.92 Å². The van der Waals surface area contributed by atoms with Crippen LogP contribution < -0.4 is 9.47 Å². The molecule has 0 saturated carbocycles. The Kier molecular flexibility index (Phi) is 8.05. The molecule has 2 saturated heterocycles. The number of hydrogen-bond acceptors (Lipinski definition) is 4. The number of hydrogen-bond donors (Lipinski definition) is 0. The maximum atomic E-state index is 13.1. The van der Waals surface area contributed by atoms with Crippen LogP contribution in [-0.4, -0.2) is 49.0 Å². The number of rotatable bonds is 7. The van der Waals surface area contributed by atoms with Gasteiger partial charge in [-0.2, -0.15) is 0 Å². The zero-order chi connectivity index (χ0) is 22.2. The lowest BCUT2D eigenvalue weighted by atomic mass is 9.96. The fourth-order valence-corrected chi connectivity index (χ4v) is 4.87. The summed E-state index contributed by atoms with van der Waals surface area (Å²) in [6, 6.07) is 16.3. The van der Waals surface area contributed by atoms with Gasteiger partial charge in [-0.3, -0.25) is 9.69 Å². The highest BCUT2D eigenvalue weighted by atomic mass is 16.5. The number of carbonyl (C=O) groups excluding carboxylic acids is 1. The zero-order valence-electron chi connectivity index (χ0n) is 19.3. The first-order valence-electron chi connectivity index (χ1n) is 12.1. The van der Waals surface area contributed by atoms with Gasteiger partial charge in [0.15, 0.2) is 11.5 Å². The van der Waals surface area contributed by atoms with Crippen LogP contribution in [0.2, 0.25) is 0 Å². The van der Waals surface area contributed by atoms with E-state index >= 15 is 0 Å². The molecule has 2 aromatic carbocycles. The van der Waals surface area contributed by atoms with Crippen molar-refractivity contribution >= 4 is 5.91 Å². The van der Waals surface area contributed by atoms with Crippen LogP contribution >= 0.6 is 0 Å². The predicted octanol–water partition coefficient (Wildman–Crippen LogP) is 4.89. The van der Waals surface area contributed by atoms with E-state index in [1.807, 2.05) is 24.3 Å². The van der Waals surface area contributed by atoms with E-state index in [0.29, 0.717) is 12.5 Å². The molecule has 0 N–H and O–H groups in total. The van der Waals surface area contributed by atoms with E-state index in [9.17, 15) is 4.79 Å². The van der Waals surface area contributed by atoms with Crippen LogP contribution in [0.4, 0.5) is 0 Å². The highest BCUT2D eigenvalue weighted by molar-refractivity contribution is 5.79. The van der Waals surface area contributed by atoms with E-state index < -0.39 is 0 Å². The van der Waals surface area contributed by atoms with Gasteiger partial charge in [-0.25, -0.2) is 0 Å². The Hall–Kier alpha value is -2.53. The molecule has 5 heteroatoms. The van der Waals surface area contributed by atoms with Gasteiger partial charge in [0.25, 0.3) is 0 Å². The fourth-order valence-electron chi connectivity index (χ4n) is 4.87. The molecule has 5 nitrogen and oxygen atoms in total. The van der Waals surface area contributed by atoms with Crippen molar-refractivity contribution in [3.05, 3.63) is 59.7 Å². The van der Waals surface area contributed by atoms with Crippen molar-refractivity contribution in [1.29, 1.82) is 0 Å². The second-order valence-corrected chi connectivity index (χ2v) is 9.07. The first kappa shape index (κ1) is 22.7. The van der Waals surface area contributed by atoms with Gasteiger partial charge in [-0.1, -0.05) is 49.2 Å². The van der Waals surface area contributed by atoms with Crippen molar-refractivity contribution < 1.29 is 14.3 Å². The Morgan fingerprint density at radius 1 is 0.906 bits per heavy atom. The summed E-state index contributed by atoms with van der Waals surface area (Å²) < 4.78 is 11.6.